The maximum atomic E-state index is 12.8. The smallest absolute Gasteiger partial charge is 0.324 e. The zero-order chi connectivity index (χ0) is 36.7. The quantitative estimate of drug-likeness (QED) is 0.193. The van der Waals surface area contributed by atoms with Gasteiger partial charge in [0, 0.05) is 67.1 Å². The number of hydrogen-bond acceptors (Lipinski definition) is 5. The van der Waals surface area contributed by atoms with Gasteiger partial charge in [0.1, 0.15) is 0 Å². The average molecular weight is 727 g/mol. The summed E-state index contributed by atoms with van der Waals surface area (Å²) in [5, 5.41) is 3.91. The molecule has 2 aromatic heterocycles. The monoisotopic (exact) mass is 726 g/mol. The highest BCUT2D eigenvalue weighted by Gasteiger charge is 2.39. The molecule has 4 atom stereocenters. The van der Waals surface area contributed by atoms with Crippen molar-refractivity contribution >= 4 is 45.6 Å². The molecule has 0 bridgehead atoms. The van der Waals surface area contributed by atoms with Gasteiger partial charge in [0.05, 0.1) is 16.1 Å². The molecule has 2 aromatic carbocycles. The van der Waals surface area contributed by atoms with Crippen LogP contribution < -0.4 is 10.9 Å². The van der Waals surface area contributed by atoms with E-state index < -0.39 is 0 Å². The summed E-state index contributed by atoms with van der Waals surface area (Å²) in [4.78, 5) is 34.0. The Morgan fingerprint density at radius 2 is 1.29 bits per heavy atom. The van der Waals surface area contributed by atoms with E-state index in [9.17, 15) is 9.59 Å². The van der Waals surface area contributed by atoms with Gasteiger partial charge in [-0.2, -0.15) is 0 Å². The molecule has 4 aromatic rings. The van der Waals surface area contributed by atoms with E-state index in [4.69, 9.17) is 0 Å². The van der Waals surface area contributed by atoms with Gasteiger partial charge < -0.3 is 19.6 Å². The fourth-order valence-electron chi connectivity index (χ4n) is 9.77. The highest BCUT2D eigenvalue weighted by molar-refractivity contribution is 7.98. The molecule has 2 fully saturated rings. The highest BCUT2D eigenvalue weighted by atomic mass is 32.2. The Balaban J connectivity index is 0.000000162. The van der Waals surface area contributed by atoms with Gasteiger partial charge in [-0.1, -0.05) is 24.3 Å². The molecule has 0 saturated carbocycles. The molecule has 2 saturated heterocycles. The summed E-state index contributed by atoms with van der Waals surface area (Å²) in [5.41, 5.74) is 14.2. The van der Waals surface area contributed by atoms with Crippen LogP contribution in [0.15, 0.2) is 47.6 Å². The molecule has 0 radical (unpaired) electrons. The Kier molecular flexibility index (Phi) is 10.8. The van der Waals surface area contributed by atoms with Gasteiger partial charge in [-0.05, 0) is 134 Å². The number of urea groups is 2. The van der Waals surface area contributed by atoms with Crippen LogP contribution in [0.4, 0.5) is 9.59 Å². The van der Waals surface area contributed by atoms with Crippen molar-refractivity contribution in [1.29, 1.82) is 0 Å². The van der Waals surface area contributed by atoms with Gasteiger partial charge in [-0.25, -0.2) is 25.1 Å². The van der Waals surface area contributed by atoms with Crippen molar-refractivity contribution < 1.29 is 9.59 Å². The summed E-state index contributed by atoms with van der Waals surface area (Å²) < 4.78 is 3.98. The summed E-state index contributed by atoms with van der Waals surface area (Å²) in [7, 11) is 4.51. The number of benzene rings is 2. The molecule has 11 heteroatoms. The minimum atomic E-state index is -0.0346. The van der Waals surface area contributed by atoms with Gasteiger partial charge in [-0.15, -0.1) is 11.8 Å². The van der Waals surface area contributed by atoms with Gasteiger partial charge in [0.2, 0.25) is 0 Å². The van der Waals surface area contributed by atoms with Crippen molar-refractivity contribution in [3.05, 3.63) is 64.8 Å². The van der Waals surface area contributed by atoms with E-state index >= 15 is 0 Å². The van der Waals surface area contributed by atoms with Crippen molar-refractivity contribution in [3.8, 4) is 0 Å². The van der Waals surface area contributed by atoms with Crippen LogP contribution in [-0.2, 0) is 12.8 Å². The predicted molar refractivity (Wildman–Crippen MR) is 215 cm³/mol. The molecule has 10 nitrogen and oxygen atoms in total. The summed E-state index contributed by atoms with van der Waals surface area (Å²) in [5.74, 6) is 1.22. The zero-order valence-electron chi connectivity index (χ0n) is 32.2. The third-order valence-corrected chi connectivity index (χ3v) is 13.3. The molecule has 2 aliphatic heterocycles. The third kappa shape index (κ3) is 6.36. The van der Waals surface area contributed by atoms with Gasteiger partial charge in [0.15, 0.2) is 0 Å². The molecule has 52 heavy (non-hydrogen) atoms. The molecule has 2 aliphatic carbocycles. The lowest BCUT2D eigenvalue weighted by Gasteiger charge is -2.42. The van der Waals surface area contributed by atoms with E-state index in [0.29, 0.717) is 50.1 Å². The van der Waals surface area contributed by atoms with Crippen LogP contribution in [0.3, 0.4) is 0 Å². The van der Waals surface area contributed by atoms with Gasteiger partial charge in [-0.3, -0.25) is 4.68 Å². The van der Waals surface area contributed by atoms with E-state index in [2.05, 4.69) is 83.6 Å². The van der Waals surface area contributed by atoms with Gasteiger partial charge in [0.25, 0.3) is 0 Å². The van der Waals surface area contributed by atoms with E-state index in [0.717, 1.165) is 23.9 Å². The number of rotatable bonds is 7. The Bertz CT molecular complexity index is 1930. The third-order valence-electron chi connectivity index (χ3n) is 12.5. The zero-order valence-corrected chi connectivity index (χ0v) is 33.1. The normalized spacial score (nSPS) is 22.3. The Labute approximate surface area is 313 Å². The molecule has 4 heterocycles. The Hall–Kier alpha value is -3.67. The van der Waals surface area contributed by atoms with Crippen LogP contribution in [0.25, 0.3) is 21.8 Å². The topological polar surface area (TPSA) is 81.0 Å². The lowest BCUT2D eigenvalue weighted by atomic mass is 9.75. The summed E-state index contributed by atoms with van der Waals surface area (Å²) in [6, 6.07) is 14.3. The first-order valence-corrected chi connectivity index (χ1v) is 20.8. The average Bonchev–Trinajstić information content (AvgIpc) is 3.66. The molecule has 2 N–H and O–H groups in total. The molecule has 4 amide bonds. The van der Waals surface area contributed by atoms with Crippen LogP contribution >= 0.6 is 11.8 Å². The van der Waals surface area contributed by atoms with Crippen LogP contribution in [0, 0.1) is 0 Å². The maximum Gasteiger partial charge on any atom is 0.336 e. The maximum absolute atomic E-state index is 12.8. The predicted octanol–water partition coefficient (Wildman–Crippen LogP) is 7.48. The number of aromatic nitrogens is 2. The number of likely N-dealkylation sites (tertiary alicyclic amines) is 2. The molecule has 280 valence electrons. The SMILES string of the molecule is CCN(CC)C(=O)Nn1c(SC)c2c3c(cccc31)[C@H]1CCCN(C)[C@@H]1C2.CCN(CC)C(=O)Nn1cc2c3c(cccc31)[C@H]1CCCN(C)[C@@H]1C2. The van der Waals surface area contributed by atoms with Crippen LogP contribution in [0.1, 0.15) is 87.5 Å². The van der Waals surface area contributed by atoms with Crippen LogP contribution in [0.5, 0.6) is 0 Å². The molecule has 0 spiro atoms. The minimum Gasteiger partial charge on any atom is -0.324 e. The summed E-state index contributed by atoms with van der Waals surface area (Å²) >= 11 is 1.74. The van der Waals surface area contributed by atoms with Crippen molar-refractivity contribution in [2.75, 3.05) is 70.5 Å². The van der Waals surface area contributed by atoms with E-state index in [1.807, 2.05) is 46.8 Å². The lowest BCUT2D eigenvalue weighted by molar-refractivity contribution is 0.156. The minimum absolute atomic E-state index is 0.0297. The summed E-state index contributed by atoms with van der Waals surface area (Å²) in [6.07, 6.45) is 11.4. The number of carbonyl (C=O) groups excluding carboxylic acids is 2. The number of nitrogens with one attached hydrogen (secondary N) is 2. The fraction of sp³-hybridized carbons (Fsp3) is 0.561. The number of thioether (sulfide) groups is 1. The molecule has 8 rings (SSSR count). The first kappa shape index (κ1) is 36.7. The van der Waals surface area contributed by atoms with Crippen molar-refractivity contribution in [3.63, 3.8) is 0 Å². The first-order chi connectivity index (χ1) is 25.2. The first-order valence-electron chi connectivity index (χ1n) is 19.6. The number of amides is 4. The van der Waals surface area contributed by atoms with E-state index in [1.54, 1.807) is 11.8 Å². The Morgan fingerprint density at radius 3 is 1.87 bits per heavy atom. The lowest BCUT2D eigenvalue weighted by Crippen LogP contribution is -2.44. The number of likely N-dealkylation sites (N-methyl/N-ethyl adjacent to an activating group) is 2. The van der Waals surface area contributed by atoms with E-state index in [-0.39, 0.29) is 12.1 Å². The number of hydrogen-bond donors (Lipinski definition) is 2. The highest BCUT2D eigenvalue weighted by Crippen LogP contribution is 2.47. The molecule has 0 unspecified atom stereocenters. The fourth-order valence-corrected chi connectivity index (χ4v) is 10.5. The van der Waals surface area contributed by atoms with E-state index in [1.165, 1.54) is 76.8 Å². The number of fused-ring (bicyclic) bond motifs is 4. The Morgan fingerprint density at radius 1 is 0.750 bits per heavy atom. The second-order valence-electron chi connectivity index (χ2n) is 15.0. The van der Waals surface area contributed by atoms with Crippen molar-refractivity contribution in [1.82, 2.24) is 29.0 Å². The number of piperidine rings is 2. The van der Waals surface area contributed by atoms with Crippen LogP contribution in [0.2, 0.25) is 0 Å². The summed E-state index contributed by atoms with van der Waals surface area (Å²) in [6.45, 7) is 13.3. The van der Waals surface area contributed by atoms with Crippen molar-refractivity contribution in [2.24, 2.45) is 0 Å². The number of carbonyl (C=O) groups is 2. The second kappa shape index (κ2) is 15.4. The largest absolute Gasteiger partial charge is 0.336 e. The van der Waals surface area contributed by atoms with Crippen LogP contribution in [-0.4, -0.2) is 113 Å². The van der Waals surface area contributed by atoms with Gasteiger partial charge >= 0.3 is 12.1 Å². The second-order valence-corrected chi connectivity index (χ2v) is 15.8. The molecular formula is C41H58N8O2S. The molecular weight excluding hydrogens is 669 g/mol. The van der Waals surface area contributed by atoms with Crippen molar-refractivity contribution in [2.45, 2.75) is 95.2 Å². The molecule has 4 aliphatic rings. The number of nitrogens with zero attached hydrogens (tertiary/aromatic N) is 6. The standard InChI is InChI=1S/C21H30N4OS.C20H28N4O/c1-5-24(6-2)21(26)22-25-17-11-7-9-15-14-10-8-12-23(3)18(14)13-16(19(15)17)20(25)27-4;1-4-23(5-2)20(25)21-24-13-14-12-18-15(9-7-11-22(18)3)16-8-6-10-17(24)19(14)16/h7,9,11,14,18H,5-6,8,10,12-13H2,1-4H3,(H,22,26);6,8,10,13,15,18H,4-5,7,9,11-12H2,1-3H3,(H,21,25)/t14-,18-;15-,18-/m11/s1.